The molecule has 0 fully saturated rings. The van der Waals surface area contributed by atoms with E-state index in [0.29, 0.717) is 16.9 Å². The molecule has 0 aliphatic rings. The summed E-state index contributed by atoms with van der Waals surface area (Å²) in [6, 6.07) is 7.41. The number of ether oxygens (including phenoxy) is 1. The average molecular weight is 378 g/mol. The van der Waals surface area contributed by atoms with Crippen LogP contribution < -0.4 is 4.74 Å². The SMILES string of the molecule is CCCCN(CCCC)C(=O)CSc1nnc(-c2ccc(OC)cc2)o1. The van der Waals surface area contributed by atoms with Crippen molar-refractivity contribution in [3.05, 3.63) is 24.3 Å². The summed E-state index contributed by atoms with van der Waals surface area (Å²) >= 11 is 1.29. The minimum atomic E-state index is 0.126. The van der Waals surface area contributed by atoms with Crippen molar-refractivity contribution in [1.29, 1.82) is 0 Å². The van der Waals surface area contributed by atoms with Crippen molar-refractivity contribution in [1.82, 2.24) is 15.1 Å². The monoisotopic (exact) mass is 377 g/mol. The minimum Gasteiger partial charge on any atom is -0.497 e. The number of rotatable bonds is 11. The Morgan fingerprint density at radius 2 is 1.77 bits per heavy atom. The van der Waals surface area contributed by atoms with Gasteiger partial charge in [0, 0.05) is 18.7 Å². The number of unbranched alkanes of at least 4 members (excludes halogenated alkanes) is 2. The Morgan fingerprint density at radius 3 is 2.35 bits per heavy atom. The number of hydrogen-bond donors (Lipinski definition) is 0. The number of thioether (sulfide) groups is 1. The molecule has 1 aromatic carbocycles. The molecule has 7 heteroatoms. The Morgan fingerprint density at radius 1 is 1.12 bits per heavy atom. The number of nitrogens with zero attached hydrogens (tertiary/aromatic N) is 3. The third-order valence-electron chi connectivity index (χ3n) is 3.98. The molecular formula is C19H27N3O3S. The molecule has 1 amide bonds. The van der Waals surface area contributed by atoms with Crippen LogP contribution in [0.3, 0.4) is 0 Å². The second-order valence-electron chi connectivity index (χ2n) is 5.98. The molecule has 2 aromatic rings. The quantitative estimate of drug-likeness (QED) is 0.545. The van der Waals surface area contributed by atoms with Gasteiger partial charge in [-0.3, -0.25) is 4.79 Å². The molecule has 1 heterocycles. The molecule has 0 bridgehead atoms. The molecule has 0 saturated carbocycles. The largest absolute Gasteiger partial charge is 0.497 e. The first-order valence-electron chi connectivity index (χ1n) is 9.06. The normalized spacial score (nSPS) is 10.7. The zero-order chi connectivity index (χ0) is 18.8. The van der Waals surface area contributed by atoms with Gasteiger partial charge >= 0.3 is 0 Å². The van der Waals surface area contributed by atoms with E-state index in [0.717, 1.165) is 50.1 Å². The van der Waals surface area contributed by atoms with Gasteiger partial charge in [-0.15, -0.1) is 10.2 Å². The smallest absolute Gasteiger partial charge is 0.277 e. The Balaban J connectivity index is 1.91. The van der Waals surface area contributed by atoms with Crippen LogP contribution in [-0.2, 0) is 4.79 Å². The molecule has 0 aliphatic heterocycles. The molecule has 0 unspecified atom stereocenters. The number of amides is 1. The lowest BCUT2D eigenvalue weighted by molar-refractivity contribution is -0.128. The Bertz CT molecular complexity index is 665. The highest BCUT2D eigenvalue weighted by molar-refractivity contribution is 7.99. The van der Waals surface area contributed by atoms with Gasteiger partial charge < -0.3 is 14.1 Å². The summed E-state index contributed by atoms with van der Waals surface area (Å²) in [6.45, 7) is 5.90. The molecule has 2 rings (SSSR count). The highest BCUT2D eigenvalue weighted by Gasteiger charge is 2.16. The van der Waals surface area contributed by atoms with Gasteiger partial charge in [-0.1, -0.05) is 38.5 Å². The first-order valence-corrected chi connectivity index (χ1v) is 10.0. The van der Waals surface area contributed by atoms with E-state index >= 15 is 0 Å². The third kappa shape index (κ3) is 6.05. The number of carbonyl (C=O) groups excluding carboxylic acids is 1. The third-order valence-corrected chi connectivity index (χ3v) is 4.78. The lowest BCUT2D eigenvalue weighted by Crippen LogP contribution is -2.34. The lowest BCUT2D eigenvalue weighted by atomic mass is 10.2. The molecule has 0 radical (unpaired) electrons. The minimum absolute atomic E-state index is 0.126. The van der Waals surface area contributed by atoms with Crippen molar-refractivity contribution < 1.29 is 13.9 Å². The topological polar surface area (TPSA) is 68.5 Å². The van der Waals surface area contributed by atoms with Crippen LogP contribution in [-0.4, -0.2) is 47.0 Å². The summed E-state index contributed by atoms with van der Waals surface area (Å²) in [5.41, 5.74) is 0.823. The van der Waals surface area contributed by atoms with Crippen molar-refractivity contribution in [2.24, 2.45) is 0 Å². The summed E-state index contributed by atoms with van der Waals surface area (Å²) < 4.78 is 10.8. The fourth-order valence-electron chi connectivity index (χ4n) is 2.39. The van der Waals surface area contributed by atoms with Crippen molar-refractivity contribution in [2.45, 2.75) is 44.8 Å². The van der Waals surface area contributed by atoms with E-state index in [1.54, 1.807) is 7.11 Å². The fourth-order valence-corrected chi connectivity index (χ4v) is 3.06. The van der Waals surface area contributed by atoms with E-state index in [1.165, 1.54) is 11.8 Å². The van der Waals surface area contributed by atoms with Crippen LogP contribution in [0.5, 0.6) is 5.75 Å². The number of benzene rings is 1. The molecule has 0 spiro atoms. The summed E-state index contributed by atoms with van der Waals surface area (Å²) in [4.78, 5) is 14.4. The maximum atomic E-state index is 12.5. The van der Waals surface area contributed by atoms with Crippen LogP contribution in [0.15, 0.2) is 33.9 Å². The van der Waals surface area contributed by atoms with E-state index < -0.39 is 0 Å². The second-order valence-corrected chi connectivity index (χ2v) is 6.90. The van der Waals surface area contributed by atoms with Crippen molar-refractivity contribution in [2.75, 3.05) is 26.0 Å². The Labute approximate surface area is 159 Å². The molecule has 26 heavy (non-hydrogen) atoms. The van der Waals surface area contributed by atoms with E-state index in [4.69, 9.17) is 9.15 Å². The molecule has 6 nitrogen and oxygen atoms in total. The van der Waals surface area contributed by atoms with Gasteiger partial charge in [0.15, 0.2) is 0 Å². The van der Waals surface area contributed by atoms with Crippen LogP contribution in [0.1, 0.15) is 39.5 Å². The van der Waals surface area contributed by atoms with Gasteiger partial charge in [-0.25, -0.2) is 0 Å². The predicted molar refractivity (Wildman–Crippen MR) is 103 cm³/mol. The van der Waals surface area contributed by atoms with Crippen LogP contribution in [0, 0.1) is 0 Å². The van der Waals surface area contributed by atoms with Crippen LogP contribution in [0.25, 0.3) is 11.5 Å². The van der Waals surface area contributed by atoms with Gasteiger partial charge in [-0.2, -0.15) is 0 Å². The number of hydrogen-bond acceptors (Lipinski definition) is 6. The molecular weight excluding hydrogens is 350 g/mol. The Kier molecular flexibility index (Phi) is 8.47. The first-order chi connectivity index (χ1) is 12.7. The molecule has 0 atom stereocenters. The average Bonchev–Trinajstić information content (AvgIpc) is 3.15. The van der Waals surface area contributed by atoms with Crippen molar-refractivity contribution in [3.8, 4) is 17.2 Å². The molecule has 142 valence electrons. The van der Waals surface area contributed by atoms with Crippen molar-refractivity contribution in [3.63, 3.8) is 0 Å². The number of carbonyl (C=O) groups is 1. The number of aromatic nitrogens is 2. The summed E-state index contributed by atoms with van der Waals surface area (Å²) in [7, 11) is 1.62. The maximum absolute atomic E-state index is 12.5. The summed E-state index contributed by atoms with van der Waals surface area (Å²) in [6.07, 6.45) is 4.22. The van der Waals surface area contributed by atoms with E-state index in [-0.39, 0.29) is 5.91 Å². The van der Waals surface area contributed by atoms with Crippen molar-refractivity contribution >= 4 is 17.7 Å². The zero-order valence-electron chi connectivity index (χ0n) is 15.7. The van der Waals surface area contributed by atoms with Gasteiger partial charge in [-0.05, 0) is 37.1 Å². The maximum Gasteiger partial charge on any atom is 0.277 e. The Hall–Kier alpha value is -2.02. The van der Waals surface area contributed by atoms with E-state index in [1.807, 2.05) is 29.2 Å². The molecule has 0 saturated heterocycles. The molecule has 1 aromatic heterocycles. The zero-order valence-corrected chi connectivity index (χ0v) is 16.6. The van der Waals surface area contributed by atoms with Gasteiger partial charge in [0.05, 0.1) is 12.9 Å². The summed E-state index contributed by atoms with van der Waals surface area (Å²) in [5, 5.41) is 8.51. The summed E-state index contributed by atoms with van der Waals surface area (Å²) in [5.74, 6) is 1.66. The van der Waals surface area contributed by atoms with Crippen LogP contribution in [0.2, 0.25) is 0 Å². The first kappa shape index (κ1) is 20.3. The molecule has 0 aliphatic carbocycles. The van der Waals surface area contributed by atoms with Gasteiger partial charge in [0.25, 0.3) is 5.22 Å². The van der Waals surface area contributed by atoms with Gasteiger partial charge in [0.1, 0.15) is 5.75 Å². The van der Waals surface area contributed by atoms with E-state index in [2.05, 4.69) is 24.0 Å². The highest BCUT2D eigenvalue weighted by Crippen LogP contribution is 2.25. The fraction of sp³-hybridized carbons (Fsp3) is 0.526. The number of methoxy groups -OCH3 is 1. The lowest BCUT2D eigenvalue weighted by Gasteiger charge is -2.21. The standard InChI is InChI=1S/C19H27N3O3S/c1-4-6-12-22(13-7-5-2)17(23)14-26-19-21-20-18(25-19)15-8-10-16(24-3)11-9-15/h8-11H,4-7,12-14H2,1-3H3. The predicted octanol–water partition coefficient (Wildman–Crippen LogP) is 4.27. The highest BCUT2D eigenvalue weighted by atomic mass is 32.2. The van der Waals surface area contributed by atoms with Crippen LogP contribution in [0.4, 0.5) is 0 Å². The van der Waals surface area contributed by atoms with Crippen LogP contribution >= 0.6 is 11.8 Å². The molecule has 0 N–H and O–H groups in total. The van der Waals surface area contributed by atoms with Gasteiger partial charge in [0.2, 0.25) is 11.8 Å². The second kappa shape index (κ2) is 10.9. The van der Waals surface area contributed by atoms with E-state index in [9.17, 15) is 4.79 Å².